The zero-order valence-electron chi connectivity index (χ0n) is 12.5. The van der Waals surface area contributed by atoms with Crippen LogP contribution in [-0.2, 0) is 4.79 Å². The van der Waals surface area contributed by atoms with Crippen LogP contribution in [0.5, 0.6) is 0 Å². The summed E-state index contributed by atoms with van der Waals surface area (Å²) < 4.78 is 0. The van der Waals surface area contributed by atoms with E-state index >= 15 is 0 Å². The molecule has 2 atom stereocenters. The number of carbonyl (C=O) groups is 1. The third kappa shape index (κ3) is 5.38. The van der Waals surface area contributed by atoms with Gasteiger partial charge in [-0.2, -0.15) is 0 Å². The lowest BCUT2D eigenvalue weighted by molar-refractivity contribution is -0.131. The Kier molecular flexibility index (Phi) is 5.64. The highest BCUT2D eigenvalue weighted by Gasteiger charge is 2.27. The van der Waals surface area contributed by atoms with Crippen LogP contribution in [0.1, 0.15) is 53.4 Å². The maximum atomic E-state index is 12.2. The molecule has 1 rings (SSSR count). The van der Waals surface area contributed by atoms with Gasteiger partial charge in [0.05, 0.1) is 0 Å². The molecule has 0 radical (unpaired) electrons. The van der Waals surface area contributed by atoms with Crippen molar-refractivity contribution in [2.24, 2.45) is 23.0 Å². The molecule has 2 unspecified atom stereocenters. The normalized spacial score (nSPS) is 22.3. The van der Waals surface area contributed by atoms with Crippen LogP contribution in [0.3, 0.4) is 0 Å². The van der Waals surface area contributed by atoms with E-state index in [4.69, 9.17) is 5.73 Å². The zero-order chi connectivity index (χ0) is 13.8. The summed E-state index contributed by atoms with van der Waals surface area (Å²) in [5.41, 5.74) is 5.89. The van der Waals surface area contributed by atoms with Crippen LogP contribution in [0.4, 0.5) is 0 Å². The second kappa shape index (κ2) is 6.55. The van der Waals surface area contributed by atoms with E-state index in [-0.39, 0.29) is 0 Å². The molecular weight excluding hydrogens is 224 g/mol. The summed E-state index contributed by atoms with van der Waals surface area (Å²) in [4.78, 5) is 14.2. The Balaban J connectivity index is 2.33. The second-order valence-electron chi connectivity index (χ2n) is 7.15. The molecule has 0 aromatic rings. The summed E-state index contributed by atoms with van der Waals surface area (Å²) in [5.74, 6) is 1.45. The minimum atomic E-state index is 0.312. The van der Waals surface area contributed by atoms with Crippen molar-refractivity contribution in [3.8, 4) is 0 Å². The van der Waals surface area contributed by atoms with Crippen LogP contribution in [0.2, 0.25) is 0 Å². The van der Waals surface area contributed by atoms with Crippen molar-refractivity contribution in [3.05, 3.63) is 0 Å². The van der Waals surface area contributed by atoms with E-state index in [0.717, 1.165) is 38.9 Å². The predicted molar refractivity (Wildman–Crippen MR) is 76.2 cm³/mol. The lowest BCUT2D eigenvalue weighted by Crippen LogP contribution is -2.30. The van der Waals surface area contributed by atoms with Crippen molar-refractivity contribution >= 4 is 5.91 Å². The van der Waals surface area contributed by atoms with E-state index in [1.807, 2.05) is 4.90 Å². The van der Waals surface area contributed by atoms with Gasteiger partial charge >= 0.3 is 0 Å². The summed E-state index contributed by atoms with van der Waals surface area (Å²) in [5, 5.41) is 0. The Morgan fingerprint density at radius 2 is 2.11 bits per heavy atom. The van der Waals surface area contributed by atoms with Crippen molar-refractivity contribution in [2.75, 3.05) is 19.6 Å². The largest absolute Gasteiger partial charge is 0.342 e. The minimum absolute atomic E-state index is 0.312. The summed E-state index contributed by atoms with van der Waals surface area (Å²) >= 11 is 0. The SMILES string of the molecule is CC(CC(=O)N1CCC(CCN)C1)CC(C)(C)C. The third-order valence-electron chi connectivity index (χ3n) is 3.70. The molecule has 3 nitrogen and oxygen atoms in total. The molecule has 1 heterocycles. The van der Waals surface area contributed by atoms with Crippen molar-refractivity contribution in [1.29, 1.82) is 0 Å². The first kappa shape index (κ1) is 15.5. The predicted octanol–water partition coefficient (Wildman–Crippen LogP) is 2.65. The van der Waals surface area contributed by atoms with E-state index in [1.165, 1.54) is 0 Å². The van der Waals surface area contributed by atoms with Crippen LogP contribution >= 0.6 is 0 Å². The highest BCUT2D eigenvalue weighted by molar-refractivity contribution is 5.76. The Morgan fingerprint density at radius 3 is 2.67 bits per heavy atom. The van der Waals surface area contributed by atoms with Gasteiger partial charge in [0.1, 0.15) is 0 Å². The molecule has 0 saturated carbocycles. The van der Waals surface area contributed by atoms with Crippen LogP contribution in [-0.4, -0.2) is 30.4 Å². The number of rotatable bonds is 5. The van der Waals surface area contributed by atoms with Gasteiger partial charge in [-0.1, -0.05) is 27.7 Å². The van der Waals surface area contributed by atoms with E-state index in [1.54, 1.807) is 0 Å². The van der Waals surface area contributed by atoms with Crippen molar-refractivity contribution in [3.63, 3.8) is 0 Å². The van der Waals surface area contributed by atoms with Gasteiger partial charge in [-0.15, -0.1) is 0 Å². The van der Waals surface area contributed by atoms with E-state index in [9.17, 15) is 4.79 Å². The van der Waals surface area contributed by atoms with Gasteiger partial charge < -0.3 is 10.6 Å². The number of hydrogen-bond donors (Lipinski definition) is 1. The molecule has 0 bridgehead atoms. The molecule has 3 heteroatoms. The standard InChI is InChI=1S/C15H30N2O/c1-12(10-15(2,3)4)9-14(18)17-8-6-13(11-17)5-7-16/h12-13H,5-11,16H2,1-4H3. The Hall–Kier alpha value is -0.570. The fourth-order valence-corrected chi connectivity index (χ4v) is 3.08. The van der Waals surface area contributed by atoms with Gasteiger partial charge in [-0.3, -0.25) is 4.79 Å². The number of carbonyl (C=O) groups excluding carboxylic acids is 1. The maximum Gasteiger partial charge on any atom is 0.222 e. The van der Waals surface area contributed by atoms with Gasteiger partial charge in [0.2, 0.25) is 5.91 Å². The number of amides is 1. The summed E-state index contributed by atoms with van der Waals surface area (Å²) in [6.45, 7) is 11.5. The molecule has 1 saturated heterocycles. The van der Waals surface area contributed by atoms with E-state index < -0.39 is 0 Å². The fraction of sp³-hybridized carbons (Fsp3) is 0.933. The van der Waals surface area contributed by atoms with Gasteiger partial charge in [0.25, 0.3) is 0 Å². The highest BCUT2D eigenvalue weighted by Crippen LogP contribution is 2.27. The average molecular weight is 254 g/mol. The molecule has 0 spiro atoms. The number of nitrogens with zero attached hydrogens (tertiary/aromatic N) is 1. The molecule has 0 aromatic carbocycles. The van der Waals surface area contributed by atoms with Gasteiger partial charge in [-0.25, -0.2) is 0 Å². The first-order chi connectivity index (χ1) is 8.31. The van der Waals surface area contributed by atoms with E-state index in [2.05, 4.69) is 27.7 Å². The van der Waals surface area contributed by atoms with Crippen LogP contribution in [0, 0.1) is 17.3 Å². The van der Waals surface area contributed by atoms with Gasteiger partial charge in [0.15, 0.2) is 0 Å². The topological polar surface area (TPSA) is 46.3 Å². The first-order valence-corrected chi connectivity index (χ1v) is 7.29. The Bertz CT molecular complexity index is 270. The molecule has 106 valence electrons. The number of nitrogens with two attached hydrogens (primary N) is 1. The van der Waals surface area contributed by atoms with Gasteiger partial charge in [0, 0.05) is 19.5 Å². The van der Waals surface area contributed by atoms with Crippen molar-refractivity contribution in [1.82, 2.24) is 4.90 Å². The summed E-state index contributed by atoms with van der Waals surface area (Å²) in [7, 11) is 0. The lowest BCUT2D eigenvalue weighted by Gasteiger charge is -2.25. The smallest absolute Gasteiger partial charge is 0.222 e. The van der Waals surface area contributed by atoms with Crippen LogP contribution in [0.15, 0.2) is 0 Å². The molecule has 1 amide bonds. The molecule has 1 aliphatic heterocycles. The summed E-state index contributed by atoms with van der Waals surface area (Å²) in [6, 6.07) is 0. The number of likely N-dealkylation sites (tertiary alicyclic amines) is 1. The molecule has 0 aliphatic carbocycles. The molecule has 1 aliphatic rings. The molecule has 2 N–H and O–H groups in total. The quantitative estimate of drug-likeness (QED) is 0.820. The summed E-state index contributed by atoms with van der Waals surface area (Å²) in [6.07, 6.45) is 4.00. The van der Waals surface area contributed by atoms with Crippen LogP contribution in [0.25, 0.3) is 0 Å². The second-order valence-corrected chi connectivity index (χ2v) is 7.15. The monoisotopic (exact) mass is 254 g/mol. The Labute approximate surface area is 112 Å². The average Bonchev–Trinajstić information content (AvgIpc) is 2.63. The molecule has 0 aromatic heterocycles. The maximum absolute atomic E-state index is 12.2. The van der Waals surface area contributed by atoms with E-state index in [0.29, 0.717) is 29.6 Å². The Morgan fingerprint density at radius 1 is 1.44 bits per heavy atom. The third-order valence-corrected chi connectivity index (χ3v) is 3.70. The number of hydrogen-bond acceptors (Lipinski definition) is 2. The van der Waals surface area contributed by atoms with Crippen molar-refractivity contribution < 1.29 is 4.79 Å². The molecule has 18 heavy (non-hydrogen) atoms. The fourth-order valence-electron chi connectivity index (χ4n) is 3.08. The lowest BCUT2D eigenvalue weighted by atomic mass is 9.84. The zero-order valence-corrected chi connectivity index (χ0v) is 12.5. The molecule has 1 fully saturated rings. The van der Waals surface area contributed by atoms with Crippen LogP contribution < -0.4 is 5.73 Å². The van der Waals surface area contributed by atoms with Crippen molar-refractivity contribution in [2.45, 2.75) is 53.4 Å². The minimum Gasteiger partial charge on any atom is -0.342 e. The van der Waals surface area contributed by atoms with Gasteiger partial charge in [-0.05, 0) is 43.1 Å². The highest BCUT2D eigenvalue weighted by atomic mass is 16.2. The molecular formula is C15H30N2O. The first-order valence-electron chi connectivity index (χ1n) is 7.29.